The summed E-state index contributed by atoms with van der Waals surface area (Å²) in [5.74, 6) is 1.79. The highest BCUT2D eigenvalue weighted by atomic mass is 32.2. The Bertz CT molecular complexity index is 631. The summed E-state index contributed by atoms with van der Waals surface area (Å²) in [4.78, 5) is 10.9. The molecule has 2 atom stereocenters. The van der Waals surface area contributed by atoms with Crippen LogP contribution in [-0.2, 0) is 14.6 Å². The standard InChI is InChI=1S/C15H24N4O3S/c1-2-19(12-6-9-23(20,21)11-12)15-16-7-5-14(18-15)17-10-13-4-3-8-22-13/h5,7,12-13H,2-4,6,8-11H2,1H3,(H,16,17,18). The van der Waals surface area contributed by atoms with Gasteiger partial charge in [0.1, 0.15) is 5.82 Å². The second-order valence-corrected chi connectivity index (χ2v) is 8.33. The van der Waals surface area contributed by atoms with Crippen molar-refractivity contribution in [2.75, 3.05) is 41.4 Å². The zero-order chi connectivity index (χ0) is 16.3. The van der Waals surface area contributed by atoms with Crippen LogP contribution < -0.4 is 10.2 Å². The van der Waals surface area contributed by atoms with Gasteiger partial charge < -0.3 is 15.0 Å². The summed E-state index contributed by atoms with van der Waals surface area (Å²) in [5.41, 5.74) is 0. The zero-order valence-electron chi connectivity index (χ0n) is 13.4. The largest absolute Gasteiger partial charge is 0.376 e. The van der Waals surface area contributed by atoms with E-state index < -0.39 is 9.84 Å². The molecule has 2 fully saturated rings. The number of rotatable bonds is 6. The van der Waals surface area contributed by atoms with E-state index in [1.165, 1.54) is 0 Å². The molecule has 2 saturated heterocycles. The zero-order valence-corrected chi connectivity index (χ0v) is 14.3. The molecular weight excluding hydrogens is 316 g/mol. The first-order valence-corrected chi connectivity index (χ1v) is 10.0. The second-order valence-electron chi connectivity index (χ2n) is 6.10. The van der Waals surface area contributed by atoms with Crippen LogP contribution in [0.25, 0.3) is 0 Å². The average molecular weight is 340 g/mol. The van der Waals surface area contributed by atoms with Crippen LogP contribution in [0.1, 0.15) is 26.2 Å². The van der Waals surface area contributed by atoms with Crippen molar-refractivity contribution in [2.45, 2.75) is 38.3 Å². The maximum Gasteiger partial charge on any atom is 0.227 e. The van der Waals surface area contributed by atoms with Crippen LogP contribution in [0, 0.1) is 0 Å². The fourth-order valence-corrected chi connectivity index (χ4v) is 4.92. The van der Waals surface area contributed by atoms with Crippen LogP contribution in [-0.4, -0.2) is 61.7 Å². The van der Waals surface area contributed by atoms with Crippen molar-refractivity contribution in [1.82, 2.24) is 9.97 Å². The molecule has 7 nitrogen and oxygen atoms in total. The number of nitrogens with one attached hydrogen (secondary N) is 1. The van der Waals surface area contributed by atoms with Crippen molar-refractivity contribution in [1.29, 1.82) is 0 Å². The molecular formula is C15H24N4O3S. The number of hydrogen-bond donors (Lipinski definition) is 1. The fraction of sp³-hybridized carbons (Fsp3) is 0.733. The quantitative estimate of drug-likeness (QED) is 0.829. The number of nitrogens with zero attached hydrogens (tertiary/aromatic N) is 3. The van der Waals surface area contributed by atoms with E-state index in [0.717, 1.165) is 31.8 Å². The topological polar surface area (TPSA) is 84.4 Å². The van der Waals surface area contributed by atoms with Gasteiger partial charge in [-0.25, -0.2) is 13.4 Å². The number of anilines is 2. The first kappa shape index (κ1) is 16.4. The summed E-state index contributed by atoms with van der Waals surface area (Å²) in [6.45, 7) is 4.26. The van der Waals surface area contributed by atoms with Crippen LogP contribution in [0.2, 0.25) is 0 Å². The van der Waals surface area contributed by atoms with Crippen molar-refractivity contribution in [3.05, 3.63) is 12.3 Å². The Labute approximate surface area is 137 Å². The summed E-state index contributed by atoms with van der Waals surface area (Å²) in [7, 11) is -2.92. The Morgan fingerprint density at radius 3 is 2.96 bits per heavy atom. The predicted octanol–water partition coefficient (Wildman–Crippen LogP) is 1.08. The van der Waals surface area contributed by atoms with E-state index >= 15 is 0 Å². The fourth-order valence-electron chi connectivity index (χ4n) is 3.19. The Balaban J connectivity index is 1.67. The number of ether oxygens (including phenoxy) is 1. The van der Waals surface area contributed by atoms with Gasteiger partial charge in [-0.3, -0.25) is 0 Å². The number of aromatic nitrogens is 2. The molecule has 3 rings (SSSR count). The minimum Gasteiger partial charge on any atom is -0.376 e. The Hall–Kier alpha value is -1.41. The highest BCUT2D eigenvalue weighted by Gasteiger charge is 2.32. The summed E-state index contributed by atoms with van der Waals surface area (Å²) in [6.07, 6.45) is 4.79. The molecule has 8 heteroatoms. The molecule has 1 N–H and O–H groups in total. The molecule has 0 radical (unpaired) electrons. The van der Waals surface area contributed by atoms with Gasteiger partial charge in [-0.15, -0.1) is 0 Å². The molecule has 0 saturated carbocycles. The molecule has 0 aliphatic carbocycles. The minimum atomic E-state index is -2.92. The Kier molecular flexibility index (Phi) is 5.01. The third-order valence-electron chi connectivity index (χ3n) is 4.42. The van der Waals surface area contributed by atoms with Gasteiger partial charge in [0.15, 0.2) is 9.84 Å². The van der Waals surface area contributed by atoms with Gasteiger partial charge in [-0.1, -0.05) is 0 Å². The summed E-state index contributed by atoms with van der Waals surface area (Å²) in [5, 5.41) is 3.29. The van der Waals surface area contributed by atoms with Crippen LogP contribution in [0.5, 0.6) is 0 Å². The molecule has 0 spiro atoms. The third-order valence-corrected chi connectivity index (χ3v) is 6.17. The summed E-state index contributed by atoms with van der Waals surface area (Å²) >= 11 is 0. The van der Waals surface area contributed by atoms with Crippen LogP contribution in [0.4, 0.5) is 11.8 Å². The smallest absolute Gasteiger partial charge is 0.227 e. The van der Waals surface area contributed by atoms with Crippen molar-refractivity contribution >= 4 is 21.6 Å². The van der Waals surface area contributed by atoms with E-state index in [1.807, 2.05) is 17.9 Å². The monoisotopic (exact) mass is 340 g/mol. The number of sulfone groups is 1. The molecule has 1 aromatic rings. The summed E-state index contributed by atoms with van der Waals surface area (Å²) in [6, 6.07) is 1.80. The van der Waals surface area contributed by atoms with Crippen LogP contribution >= 0.6 is 0 Å². The van der Waals surface area contributed by atoms with E-state index in [1.54, 1.807) is 6.20 Å². The van der Waals surface area contributed by atoms with E-state index in [2.05, 4.69) is 15.3 Å². The molecule has 1 aromatic heterocycles. The lowest BCUT2D eigenvalue weighted by Crippen LogP contribution is -2.37. The molecule has 0 aromatic carbocycles. The SMILES string of the molecule is CCN(c1nccc(NCC2CCCO2)n1)C1CCS(=O)(=O)C1. The number of hydrogen-bond acceptors (Lipinski definition) is 7. The highest BCUT2D eigenvalue weighted by Crippen LogP contribution is 2.22. The molecule has 2 aliphatic heterocycles. The lowest BCUT2D eigenvalue weighted by Gasteiger charge is -2.27. The van der Waals surface area contributed by atoms with Crippen molar-refractivity contribution in [3.63, 3.8) is 0 Å². The first-order chi connectivity index (χ1) is 11.1. The molecule has 0 bridgehead atoms. The molecule has 0 amide bonds. The average Bonchev–Trinajstić information content (AvgIpc) is 3.16. The van der Waals surface area contributed by atoms with E-state index in [-0.39, 0.29) is 23.7 Å². The predicted molar refractivity (Wildman–Crippen MR) is 89.6 cm³/mol. The van der Waals surface area contributed by atoms with Gasteiger partial charge in [0, 0.05) is 31.9 Å². The van der Waals surface area contributed by atoms with Gasteiger partial charge in [0.25, 0.3) is 0 Å². The summed E-state index contributed by atoms with van der Waals surface area (Å²) < 4.78 is 29.0. The maximum atomic E-state index is 11.7. The molecule has 23 heavy (non-hydrogen) atoms. The van der Waals surface area contributed by atoms with Crippen molar-refractivity contribution < 1.29 is 13.2 Å². The van der Waals surface area contributed by atoms with Gasteiger partial charge in [0.2, 0.25) is 5.95 Å². The normalized spacial score (nSPS) is 26.3. The third kappa shape index (κ3) is 4.11. The molecule has 3 heterocycles. The molecule has 2 unspecified atom stereocenters. The van der Waals surface area contributed by atoms with E-state index in [0.29, 0.717) is 18.9 Å². The molecule has 128 valence electrons. The van der Waals surface area contributed by atoms with Crippen molar-refractivity contribution in [2.24, 2.45) is 0 Å². The van der Waals surface area contributed by atoms with Gasteiger partial charge in [-0.2, -0.15) is 4.98 Å². The second kappa shape index (κ2) is 7.00. The van der Waals surface area contributed by atoms with E-state index in [4.69, 9.17) is 4.74 Å². The Morgan fingerprint density at radius 1 is 1.43 bits per heavy atom. The maximum absolute atomic E-state index is 11.7. The highest BCUT2D eigenvalue weighted by molar-refractivity contribution is 7.91. The van der Waals surface area contributed by atoms with Crippen LogP contribution in [0.3, 0.4) is 0 Å². The lowest BCUT2D eigenvalue weighted by molar-refractivity contribution is 0.120. The lowest BCUT2D eigenvalue weighted by atomic mass is 10.2. The first-order valence-electron chi connectivity index (χ1n) is 8.23. The Morgan fingerprint density at radius 2 is 2.30 bits per heavy atom. The van der Waals surface area contributed by atoms with Crippen LogP contribution in [0.15, 0.2) is 12.3 Å². The van der Waals surface area contributed by atoms with Gasteiger partial charge in [0.05, 0.1) is 17.6 Å². The van der Waals surface area contributed by atoms with E-state index in [9.17, 15) is 8.42 Å². The molecule has 2 aliphatic rings. The van der Waals surface area contributed by atoms with Gasteiger partial charge >= 0.3 is 0 Å². The van der Waals surface area contributed by atoms with Gasteiger partial charge in [-0.05, 0) is 32.3 Å². The van der Waals surface area contributed by atoms with Crippen molar-refractivity contribution in [3.8, 4) is 0 Å². The minimum absolute atomic E-state index is 0.0292.